The molecule has 0 aliphatic heterocycles. The summed E-state index contributed by atoms with van der Waals surface area (Å²) in [7, 11) is -3.85. The average Bonchev–Trinajstić information content (AvgIpc) is 2.44. The first-order chi connectivity index (χ1) is 10.2. The molecule has 0 radical (unpaired) electrons. The maximum atomic E-state index is 12.4. The molecule has 22 heavy (non-hydrogen) atoms. The van der Waals surface area contributed by atoms with Crippen molar-refractivity contribution in [2.45, 2.75) is 43.5 Å². The molecule has 1 aromatic rings. The lowest BCUT2D eigenvalue weighted by Gasteiger charge is -2.20. The van der Waals surface area contributed by atoms with Gasteiger partial charge in [0.1, 0.15) is 11.7 Å². The van der Waals surface area contributed by atoms with Gasteiger partial charge in [-0.15, -0.1) is 11.6 Å². The molecule has 2 atom stereocenters. The minimum Gasteiger partial charge on any atom is -0.301 e. The number of alkyl halides is 1. The van der Waals surface area contributed by atoms with Crippen LogP contribution < -0.4 is 4.72 Å². The summed E-state index contributed by atoms with van der Waals surface area (Å²) in [6.07, 6.45) is 0.568. The maximum absolute atomic E-state index is 12.4. The number of benzene rings is 1. The maximum Gasteiger partial charge on any atom is 0.241 e. The van der Waals surface area contributed by atoms with Gasteiger partial charge in [0.25, 0.3) is 0 Å². The molecule has 1 rings (SSSR count). The largest absolute Gasteiger partial charge is 0.301 e. The summed E-state index contributed by atoms with van der Waals surface area (Å²) in [5.74, 6) is -0.578. The molecule has 0 aromatic heterocycles. The Bertz CT molecular complexity index is 625. The van der Waals surface area contributed by atoms with Gasteiger partial charge in [0.2, 0.25) is 10.0 Å². The Morgan fingerprint density at radius 3 is 2.27 bits per heavy atom. The highest BCUT2D eigenvalue weighted by molar-refractivity contribution is 7.89. The number of rotatable bonds is 8. The fraction of sp³-hybridized carbons (Fsp3) is 0.467. The molecule has 0 aliphatic carbocycles. The summed E-state index contributed by atoms with van der Waals surface area (Å²) in [4.78, 5) is 22.8. The molecule has 122 valence electrons. The van der Waals surface area contributed by atoms with Gasteiger partial charge in [-0.3, -0.25) is 4.79 Å². The van der Waals surface area contributed by atoms with Crippen LogP contribution in [-0.2, 0) is 19.6 Å². The van der Waals surface area contributed by atoms with Crippen LogP contribution in [0.25, 0.3) is 0 Å². The van der Waals surface area contributed by atoms with Gasteiger partial charge in [-0.1, -0.05) is 31.5 Å². The summed E-state index contributed by atoms with van der Waals surface area (Å²) in [5, 5.41) is -1.36. The molecular formula is C15H20ClNO4S. The van der Waals surface area contributed by atoms with Crippen LogP contribution in [-0.4, -0.2) is 31.9 Å². The van der Waals surface area contributed by atoms with E-state index in [0.717, 1.165) is 5.56 Å². The predicted molar refractivity (Wildman–Crippen MR) is 85.5 cm³/mol. The van der Waals surface area contributed by atoms with Crippen molar-refractivity contribution in [3.63, 3.8) is 0 Å². The van der Waals surface area contributed by atoms with Crippen LogP contribution in [0.5, 0.6) is 0 Å². The first-order valence-electron chi connectivity index (χ1n) is 6.89. The van der Waals surface area contributed by atoms with Gasteiger partial charge in [0.15, 0.2) is 5.78 Å². The number of Topliss-reactive ketones (excluding diaryl/α,β-unsaturated/α-hetero) is 1. The number of ketones is 1. The summed E-state index contributed by atoms with van der Waals surface area (Å²) in [6.45, 7) is 5.55. The molecule has 0 saturated heterocycles. The Kier molecular flexibility index (Phi) is 6.71. The minimum absolute atomic E-state index is 0.0604. The highest BCUT2D eigenvalue weighted by Gasteiger charge is 2.30. The van der Waals surface area contributed by atoms with Crippen LogP contribution in [0.15, 0.2) is 29.2 Å². The quantitative estimate of drug-likeness (QED) is 0.444. The lowest BCUT2D eigenvalue weighted by atomic mass is 10.00. The third kappa shape index (κ3) is 5.19. The second kappa shape index (κ2) is 7.85. The number of hydrogen-bond donors (Lipinski definition) is 1. The predicted octanol–water partition coefficient (Wildman–Crippen LogP) is 2.06. The van der Waals surface area contributed by atoms with Crippen molar-refractivity contribution in [2.24, 2.45) is 5.92 Å². The van der Waals surface area contributed by atoms with Crippen LogP contribution >= 0.6 is 11.6 Å². The van der Waals surface area contributed by atoms with Crippen LogP contribution in [0.2, 0.25) is 0 Å². The smallest absolute Gasteiger partial charge is 0.241 e. The van der Waals surface area contributed by atoms with Crippen molar-refractivity contribution in [3.05, 3.63) is 29.8 Å². The fourth-order valence-corrected chi connectivity index (χ4v) is 3.30. The number of aldehydes is 1. The number of hydrogen-bond acceptors (Lipinski definition) is 4. The Morgan fingerprint density at radius 1 is 1.27 bits per heavy atom. The van der Waals surface area contributed by atoms with Crippen molar-refractivity contribution in [2.75, 3.05) is 0 Å². The van der Waals surface area contributed by atoms with Gasteiger partial charge in [0.05, 0.1) is 10.9 Å². The number of aryl methyl sites for hydroxylation is 1. The second-order valence-corrected chi connectivity index (χ2v) is 7.74. The van der Waals surface area contributed by atoms with Gasteiger partial charge >= 0.3 is 0 Å². The first kappa shape index (κ1) is 18.8. The van der Waals surface area contributed by atoms with Gasteiger partial charge in [-0.05, 0) is 31.4 Å². The molecule has 0 saturated carbocycles. The van der Waals surface area contributed by atoms with Gasteiger partial charge < -0.3 is 4.79 Å². The molecule has 7 heteroatoms. The summed E-state index contributed by atoms with van der Waals surface area (Å²) in [6, 6.07) is 5.24. The number of halogens is 1. The van der Waals surface area contributed by atoms with E-state index in [1.54, 1.807) is 12.1 Å². The van der Waals surface area contributed by atoms with Crippen LogP contribution in [0.4, 0.5) is 0 Å². The van der Waals surface area contributed by atoms with Crippen LogP contribution in [0.1, 0.15) is 25.8 Å². The van der Waals surface area contributed by atoms with E-state index in [1.165, 1.54) is 12.1 Å². The minimum atomic E-state index is -3.85. The Hall–Kier alpha value is -1.24. The van der Waals surface area contributed by atoms with Gasteiger partial charge in [-0.25, -0.2) is 13.1 Å². The zero-order valence-corrected chi connectivity index (χ0v) is 14.3. The standard InChI is InChI=1S/C15H20ClNO4S/c1-10(2)8-14(15(19)13(16)9-18)17-22(20,21)12-6-4-11(3)5-7-12/h4-7,9-10,13-14,17H,8H2,1-3H3. The van der Waals surface area contributed by atoms with Crippen molar-refractivity contribution < 1.29 is 18.0 Å². The van der Waals surface area contributed by atoms with Crippen molar-refractivity contribution in [1.29, 1.82) is 0 Å². The molecule has 0 aliphatic rings. The number of carbonyl (C=O) groups excluding carboxylic acids is 2. The molecule has 0 fully saturated rings. The Morgan fingerprint density at radius 2 is 1.82 bits per heavy atom. The first-order valence-corrected chi connectivity index (χ1v) is 8.81. The number of nitrogens with one attached hydrogen (secondary N) is 1. The number of sulfonamides is 1. The van der Waals surface area contributed by atoms with E-state index in [1.807, 2.05) is 20.8 Å². The molecule has 0 amide bonds. The summed E-state index contributed by atoms with van der Waals surface area (Å²) >= 11 is 5.64. The molecular weight excluding hydrogens is 326 g/mol. The fourth-order valence-electron chi connectivity index (χ4n) is 1.93. The summed E-state index contributed by atoms with van der Waals surface area (Å²) < 4.78 is 27.1. The zero-order chi connectivity index (χ0) is 16.9. The Balaban J connectivity index is 3.04. The second-order valence-electron chi connectivity index (χ2n) is 5.56. The third-order valence-corrected chi connectivity index (χ3v) is 4.88. The summed E-state index contributed by atoms with van der Waals surface area (Å²) in [5.41, 5.74) is 0.926. The van der Waals surface area contributed by atoms with E-state index in [4.69, 9.17) is 11.6 Å². The molecule has 1 N–H and O–H groups in total. The van der Waals surface area contributed by atoms with E-state index < -0.39 is 27.2 Å². The lowest BCUT2D eigenvalue weighted by molar-refractivity contribution is -0.123. The van der Waals surface area contributed by atoms with Gasteiger partial charge in [-0.2, -0.15) is 0 Å². The van der Waals surface area contributed by atoms with E-state index in [2.05, 4.69) is 4.72 Å². The molecule has 0 heterocycles. The molecule has 0 spiro atoms. The van der Waals surface area contributed by atoms with Crippen LogP contribution in [0.3, 0.4) is 0 Å². The van der Waals surface area contributed by atoms with E-state index >= 15 is 0 Å². The molecule has 1 aromatic carbocycles. The third-order valence-electron chi connectivity index (χ3n) is 3.07. The topological polar surface area (TPSA) is 80.3 Å². The van der Waals surface area contributed by atoms with E-state index in [0.29, 0.717) is 6.29 Å². The number of carbonyl (C=O) groups is 2. The van der Waals surface area contributed by atoms with Crippen molar-refractivity contribution in [3.8, 4) is 0 Å². The van der Waals surface area contributed by atoms with Crippen LogP contribution in [0, 0.1) is 12.8 Å². The van der Waals surface area contributed by atoms with E-state index in [-0.39, 0.29) is 17.2 Å². The lowest BCUT2D eigenvalue weighted by Crippen LogP contribution is -2.45. The Labute approximate surface area is 136 Å². The average molecular weight is 346 g/mol. The highest BCUT2D eigenvalue weighted by Crippen LogP contribution is 2.15. The van der Waals surface area contributed by atoms with Gasteiger partial charge in [0, 0.05) is 0 Å². The monoisotopic (exact) mass is 345 g/mol. The van der Waals surface area contributed by atoms with Crippen molar-refractivity contribution in [1.82, 2.24) is 4.72 Å². The SMILES string of the molecule is Cc1ccc(S(=O)(=O)NC(CC(C)C)C(=O)C(Cl)C=O)cc1. The zero-order valence-electron chi connectivity index (χ0n) is 12.7. The van der Waals surface area contributed by atoms with Crippen molar-refractivity contribution >= 4 is 33.7 Å². The molecule has 0 bridgehead atoms. The highest BCUT2D eigenvalue weighted by atomic mass is 35.5. The normalized spacial score (nSPS) is 14.6. The van der Waals surface area contributed by atoms with E-state index in [9.17, 15) is 18.0 Å². The molecule has 2 unspecified atom stereocenters. The molecule has 5 nitrogen and oxygen atoms in total.